The number of amides is 2. The van der Waals surface area contributed by atoms with Crippen molar-refractivity contribution in [3.8, 4) is 5.75 Å². The van der Waals surface area contributed by atoms with Crippen molar-refractivity contribution in [2.75, 3.05) is 11.9 Å². The molecule has 0 aliphatic carbocycles. The highest BCUT2D eigenvalue weighted by Gasteiger charge is 2.09. The highest BCUT2D eigenvalue weighted by molar-refractivity contribution is 6.03. The fourth-order valence-electron chi connectivity index (χ4n) is 1.58. The van der Waals surface area contributed by atoms with Gasteiger partial charge >= 0.3 is 0 Å². The number of hydrogen-bond acceptors (Lipinski definition) is 4. The molecular formula is C14H13N3O4. The summed E-state index contributed by atoms with van der Waals surface area (Å²) in [6, 6.07) is 9.44. The van der Waals surface area contributed by atoms with Gasteiger partial charge in [0.15, 0.2) is 19.0 Å². The topological polar surface area (TPSA) is 108 Å². The van der Waals surface area contributed by atoms with Gasteiger partial charge in [0.1, 0.15) is 11.3 Å². The SMILES string of the molecule is NC(=O)COc1ccc(NC(=O)c2ccc[n+]([O-])c2)cc1. The Labute approximate surface area is 120 Å². The quantitative estimate of drug-likeness (QED) is 0.614. The Morgan fingerprint density at radius 3 is 2.57 bits per heavy atom. The molecule has 1 aromatic carbocycles. The molecule has 7 heteroatoms. The van der Waals surface area contributed by atoms with Crippen molar-refractivity contribution < 1.29 is 19.1 Å². The summed E-state index contributed by atoms with van der Waals surface area (Å²) in [5.41, 5.74) is 5.75. The Hall–Kier alpha value is -3.09. The lowest BCUT2D eigenvalue weighted by Gasteiger charge is -2.07. The van der Waals surface area contributed by atoms with E-state index in [0.717, 1.165) is 0 Å². The lowest BCUT2D eigenvalue weighted by molar-refractivity contribution is -0.605. The molecule has 0 aliphatic rings. The van der Waals surface area contributed by atoms with Gasteiger partial charge < -0.3 is 21.0 Å². The van der Waals surface area contributed by atoms with Gasteiger partial charge in [-0.05, 0) is 30.3 Å². The molecule has 0 bridgehead atoms. The maximum atomic E-state index is 11.9. The second-order valence-corrected chi connectivity index (χ2v) is 4.19. The van der Waals surface area contributed by atoms with Crippen LogP contribution in [0.1, 0.15) is 10.4 Å². The van der Waals surface area contributed by atoms with Crippen LogP contribution in [0.3, 0.4) is 0 Å². The second kappa shape index (κ2) is 6.38. The predicted molar refractivity (Wildman–Crippen MR) is 74.5 cm³/mol. The van der Waals surface area contributed by atoms with E-state index in [1.165, 1.54) is 24.5 Å². The number of rotatable bonds is 5. The van der Waals surface area contributed by atoms with Crippen molar-refractivity contribution in [3.05, 3.63) is 59.6 Å². The van der Waals surface area contributed by atoms with Gasteiger partial charge in [0.2, 0.25) is 0 Å². The molecule has 2 rings (SSSR count). The van der Waals surface area contributed by atoms with Crippen LogP contribution in [-0.4, -0.2) is 18.4 Å². The number of nitrogens with zero attached hydrogens (tertiary/aromatic N) is 1. The molecule has 1 heterocycles. The Morgan fingerprint density at radius 1 is 1.24 bits per heavy atom. The van der Waals surface area contributed by atoms with Crippen LogP contribution in [0.25, 0.3) is 0 Å². The summed E-state index contributed by atoms with van der Waals surface area (Å²) in [6.45, 7) is -0.209. The number of primary amides is 1. The molecule has 21 heavy (non-hydrogen) atoms. The second-order valence-electron chi connectivity index (χ2n) is 4.19. The number of anilines is 1. The van der Waals surface area contributed by atoms with E-state index in [9.17, 15) is 14.8 Å². The third-order valence-corrected chi connectivity index (χ3v) is 2.53. The number of hydrogen-bond donors (Lipinski definition) is 2. The van der Waals surface area contributed by atoms with Crippen LogP contribution in [0.2, 0.25) is 0 Å². The molecule has 0 spiro atoms. The zero-order valence-electron chi connectivity index (χ0n) is 11.0. The summed E-state index contributed by atoms with van der Waals surface area (Å²) < 4.78 is 5.65. The molecule has 1 aromatic heterocycles. The average molecular weight is 287 g/mol. The van der Waals surface area contributed by atoms with E-state index < -0.39 is 11.8 Å². The highest BCUT2D eigenvalue weighted by Crippen LogP contribution is 2.16. The van der Waals surface area contributed by atoms with E-state index in [4.69, 9.17) is 10.5 Å². The smallest absolute Gasteiger partial charge is 0.261 e. The van der Waals surface area contributed by atoms with Crippen LogP contribution >= 0.6 is 0 Å². The lowest BCUT2D eigenvalue weighted by atomic mass is 10.2. The monoisotopic (exact) mass is 287 g/mol. The minimum atomic E-state index is -0.567. The molecule has 0 fully saturated rings. The first-order valence-corrected chi connectivity index (χ1v) is 6.06. The van der Waals surface area contributed by atoms with E-state index >= 15 is 0 Å². The van der Waals surface area contributed by atoms with Crippen LogP contribution in [0.5, 0.6) is 5.75 Å². The fraction of sp³-hybridized carbons (Fsp3) is 0.0714. The van der Waals surface area contributed by atoms with Crippen LogP contribution in [0, 0.1) is 5.21 Å². The predicted octanol–water partition coefficient (Wildman–Crippen LogP) is 0.436. The third kappa shape index (κ3) is 4.20. The van der Waals surface area contributed by atoms with Crippen LogP contribution < -0.4 is 20.5 Å². The van der Waals surface area contributed by atoms with Crippen molar-refractivity contribution >= 4 is 17.5 Å². The minimum absolute atomic E-state index is 0.209. The molecule has 0 unspecified atom stereocenters. The summed E-state index contributed by atoms with van der Waals surface area (Å²) in [5, 5.41) is 13.7. The number of nitrogens with two attached hydrogens (primary N) is 1. The van der Waals surface area contributed by atoms with Crippen LogP contribution in [0.4, 0.5) is 5.69 Å². The molecule has 3 N–H and O–H groups in total. The summed E-state index contributed by atoms with van der Waals surface area (Å²) in [6.07, 6.45) is 2.47. The number of nitrogens with one attached hydrogen (secondary N) is 1. The molecule has 2 amide bonds. The van der Waals surface area contributed by atoms with Crippen LogP contribution in [-0.2, 0) is 4.79 Å². The Morgan fingerprint density at radius 2 is 1.95 bits per heavy atom. The van der Waals surface area contributed by atoms with E-state index in [2.05, 4.69) is 5.32 Å². The molecule has 0 atom stereocenters. The van der Waals surface area contributed by atoms with Crippen molar-refractivity contribution in [1.29, 1.82) is 0 Å². The van der Waals surface area contributed by atoms with Gasteiger partial charge in [-0.2, -0.15) is 4.73 Å². The van der Waals surface area contributed by atoms with Crippen molar-refractivity contribution in [1.82, 2.24) is 0 Å². The molecule has 0 radical (unpaired) electrons. The number of benzene rings is 1. The first-order valence-electron chi connectivity index (χ1n) is 6.06. The molecule has 0 saturated heterocycles. The van der Waals surface area contributed by atoms with Crippen molar-refractivity contribution in [2.45, 2.75) is 0 Å². The van der Waals surface area contributed by atoms with Gasteiger partial charge in [0, 0.05) is 11.8 Å². The Bertz CT molecular complexity index is 656. The summed E-state index contributed by atoms with van der Waals surface area (Å²) in [5.74, 6) is -0.503. The van der Waals surface area contributed by atoms with Gasteiger partial charge in [-0.15, -0.1) is 0 Å². The summed E-state index contributed by atoms with van der Waals surface area (Å²) >= 11 is 0. The van der Waals surface area contributed by atoms with Gasteiger partial charge in [0.05, 0.1) is 0 Å². The molecular weight excluding hydrogens is 274 g/mol. The van der Waals surface area contributed by atoms with Crippen molar-refractivity contribution in [2.24, 2.45) is 5.73 Å². The normalized spacial score (nSPS) is 9.90. The zero-order valence-corrected chi connectivity index (χ0v) is 11.0. The average Bonchev–Trinajstić information content (AvgIpc) is 2.46. The largest absolute Gasteiger partial charge is 0.619 e. The third-order valence-electron chi connectivity index (χ3n) is 2.53. The van der Waals surface area contributed by atoms with E-state index in [-0.39, 0.29) is 12.2 Å². The maximum Gasteiger partial charge on any atom is 0.261 e. The number of carbonyl (C=O) groups is 2. The molecule has 7 nitrogen and oxygen atoms in total. The van der Waals surface area contributed by atoms with Gasteiger partial charge in [-0.3, -0.25) is 9.59 Å². The maximum absolute atomic E-state index is 11.9. The van der Waals surface area contributed by atoms with E-state index in [1.54, 1.807) is 24.3 Å². The number of pyridine rings is 1. The zero-order chi connectivity index (χ0) is 15.2. The van der Waals surface area contributed by atoms with Gasteiger partial charge in [0.25, 0.3) is 11.8 Å². The summed E-state index contributed by atoms with van der Waals surface area (Å²) in [4.78, 5) is 22.5. The lowest BCUT2D eigenvalue weighted by Crippen LogP contribution is -2.27. The first kappa shape index (κ1) is 14.3. The van der Waals surface area contributed by atoms with E-state index in [1.807, 2.05) is 0 Å². The molecule has 0 saturated carbocycles. The fourth-order valence-corrected chi connectivity index (χ4v) is 1.58. The first-order chi connectivity index (χ1) is 10.0. The van der Waals surface area contributed by atoms with Gasteiger partial charge in [-0.25, -0.2) is 0 Å². The Balaban J connectivity index is 2.00. The standard InChI is InChI=1S/C14H13N3O4/c15-13(18)9-21-12-5-3-11(4-6-12)16-14(19)10-2-1-7-17(20)8-10/h1-8H,9H2,(H2,15,18)(H,16,19). The Kier molecular flexibility index (Phi) is 4.35. The highest BCUT2D eigenvalue weighted by atomic mass is 16.5. The number of aromatic nitrogens is 1. The van der Waals surface area contributed by atoms with Crippen LogP contribution in [0.15, 0.2) is 48.8 Å². The number of carbonyl (C=O) groups excluding carboxylic acids is 2. The molecule has 2 aromatic rings. The van der Waals surface area contributed by atoms with Crippen molar-refractivity contribution in [3.63, 3.8) is 0 Å². The van der Waals surface area contributed by atoms with E-state index in [0.29, 0.717) is 16.2 Å². The molecule has 0 aliphatic heterocycles. The number of ether oxygens (including phenoxy) is 1. The summed E-state index contributed by atoms with van der Waals surface area (Å²) in [7, 11) is 0. The van der Waals surface area contributed by atoms with Gasteiger partial charge in [-0.1, -0.05) is 0 Å². The minimum Gasteiger partial charge on any atom is -0.619 e. The molecule has 108 valence electrons.